The zero-order valence-electron chi connectivity index (χ0n) is 19.0. The van der Waals surface area contributed by atoms with Crippen LogP contribution in [0.2, 0.25) is 0 Å². The van der Waals surface area contributed by atoms with Crippen molar-refractivity contribution in [2.75, 3.05) is 19.7 Å². The highest BCUT2D eigenvalue weighted by atomic mass is 32.1. The number of aryl methyl sites for hydroxylation is 1. The summed E-state index contributed by atoms with van der Waals surface area (Å²) in [5, 5.41) is 4.89. The van der Waals surface area contributed by atoms with Crippen molar-refractivity contribution in [1.82, 2.24) is 10.2 Å². The van der Waals surface area contributed by atoms with Gasteiger partial charge < -0.3 is 19.7 Å². The van der Waals surface area contributed by atoms with E-state index in [1.165, 1.54) is 5.56 Å². The molecule has 2 fully saturated rings. The van der Waals surface area contributed by atoms with Gasteiger partial charge >= 0.3 is 6.09 Å². The van der Waals surface area contributed by atoms with Crippen LogP contribution in [-0.4, -0.2) is 42.6 Å². The zero-order valence-corrected chi connectivity index (χ0v) is 19.8. The van der Waals surface area contributed by atoms with Gasteiger partial charge in [0.15, 0.2) is 0 Å². The lowest BCUT2D eigenvalue weighted by Crippen LogP contribution is -2.46. The quantitative estimate of drug-likeness (QED) is 0.571. The summed E-state index contributed by atoms with van der Waals surface area (Å²) in [7, 11) is 0. The highest BCUT2D eigenvalue weighted by Crippen LogP contribution is 2.50. The van der Waals surface area contributed by atoms with Gasteiger partial charge in [-0.1, -0.05) is 35.9 Å². The lowest BCUT2D eigenvalue weighted by Gasteiger charge is -2.28. The van der Waals surface area contributed by atoms with E-state index in [4.69, 9.17) is 9.47 Å². The maximum absolute atomic E-state index is 13.6. The third kappa shape index (κ3) is 3.84. The van der Waals surface area contributed by atoms with E-state index in [1.54, 1.807) is 17.4 Å². The molecule has 1 saturated carbocycles. The van der Waals surface area contributed by atoms with E-state index in [-0.39, 0.29) is 11.9 Å². The lowest BCUT2D eigenvalue weighted by molar-refractivity contribution is 0.0705. The van der Waals surface area contributed by atoms with E-state index in [2.05, 4.69) is 36.5 Å². The smallest absolute Gasteiger partial charge is 0.412 e. The number of hydrogen-bond acceptors (Lipinski definition) is 5. The van der Waals surface area contributed by atoms with Gasteiger partial charge in [-0.2, -0.15) is 0 Å². The van der Waals surface area contributed by atoms with E-state index in [0.717, 1.165) is 46.7 Å². The van der Waals surface area contributed by atoms with Crippen molar-refractivity contribution in [3.05, 3.63) is 70.6 Å². The van der Waals surface area contributed by atoms with Crippen LogP contribution >= 0.6 is 11.3 Å². The molecule has 0 radical (unpaired) electrons. The van der Waals surface area contributed by atoms with Crippen LogP contribution in [0.4, 0.5) is 4.79 Å². The Morgan fingerprint density at radius 1 is 1.18 bits per heavy atom. The number of piperidine rings is 1. The van der Waals surface area contributed by atoms with Gasteiger partial charge in [0.1, 0.15) is 11.5 Å². The van der Waals surface area contributed by atoms with Crippen LogP contribution in [0.5, 0.6) is 11.5 Å². The molecule has 0 bridgehead atoms. The van der Waals surface area contributed by atoms with Crippen LogP contribution in [0.15, 0.2) is 53.9 Å². The monoisotopic (exact) mass is 474 g/mol. The first-order valence-corrected chi connectivity index (χ1v) is 12.6. The van der Waals surface area contributed by atoms with Crippen LogP contribution in [0.1, 0.15) is 27.9 Å². The topological polar surface area (TPSA) is 67.9 Å². The van der Waals surface area contributed by atoms with Crippen LogP contribution in [0, 0.1) is 18.8 Å². The van der Waals surface area contributed by atoms with Crippen molar-refractivity contribution < 1.29 is 19.1 Å². The lowest BCUT2D eigenvalue weighted by atomic mass is 10.1. The molecule has 2 aliphatic heterocycles. The summed E-state index contributed by atoms with van der Waals surface area (Å²) in [5.74, 6) is 2.33. The Labute approximate surface area is 202 Å². The van der Waals surface area contributed by atoms with Crippen molar-refractivity contribution >= 4 is 23.3 Å². The number of amides is 2. The molecule has 34 heavy (non-hydrogen) atoms. The van der Waals surface area contributed by atoms with Crippen LogP contribution in [0.25, 0.3) is 10.4 Å². The Bertz CT molecular complexity index is 1250. The van der Waals surface area contributed by atoms with Crippen molar-refractivity contribution in [3.8, 4) is 21.9 Å². The molecule has 7 heteroatoms. The number of nitrogens with zero attached hydrogens (tertiary/aromatic N) is 1. The normalized spacial score (nSPS) is 22.0. The second-order valence-corrected chi connectivity index (χ2v) is 10.2. The zero-order chi connectivity index (χ0) is 23.2. The third-order valence-electron chi connectivity index (χ3n) is 7.13. The number of nitrogens with one attached hydrogen (secondary N) is 1. The molecule has 6 rings (SSSR count). The molecule has 0 unspecified atom stereocenters. The molecule has 1 N–H and O–H groups in total. The Hall–Kier alpha value is -3.32. The average molecular weight is 475 g/mol. The predicted octanol–water partition coefficient (Wildman–Crippen LogP) is 4.91. The van der Waals surface area contributed by atoms with Gasteiger partial charge in [0.05, 0.1) is 18.2 Å². The first kappa shape index (κ1) is 21.2. The summed E-state index contributed by atoms with van der Waals surface area (Å²) in [6.07, 6.45) is 1.35. The molecule has 2 aromatic carbocycles. The minimum absolute atomic E-state index is 0.0133. The molecule has 3 atom stereocenters. The number of fused-ring (bicyclic) bond motifs is 2. The second-order valence-electron chi connectivity index (χ2n) is 9.32. The van der Waals surface area contributed by atoms with Crippen molar-refractivity contribution in [1.29, 1.82) is 0 Å². The van der Waals surface area contributed by atoms with Gasteiger partial charge in [-0.05, 0) is 54.3 Å². The first-order valence-electron chi connectivity index (χ1n) is 11.7. The molecular formula is C27H26N2O4S. The maximum atomic E-state index is 13.6. The van der Waals surface area contributed by atoms with E-state index < -0.39 is 6.09 Å². The molecule has 3 aromatic rings. The van der Waals surface area contributed by atoms with Gasteiger partial charge in [0.2, 0.25) is 0 Å². The number of ether oxygens (including phenoxy) is 2. The highest BCUT2D eigenvalue weighted by molar-refractivity contribution is 7.14. The summed E-state index contributed by atoms with van der Waals surface area (Å²) in [6.45, 7) is 3.80. The van der Waals surface area contributed by atoms with Crippen LogP contribution in [-0.2, 0) is 6.42 Å². The van der Waals surface area contributed by atoms with Crippen LogP contribution < -0.4 is 14.8 Å². The standard InChI is InChI=1S/C27H26N2O4S/c1-16-5-7-17(8-6-16)25-20(10-12-34-25)26(30)29-15-18-13-21(18)22(29)14-28-27(31)33-24-4-2-3-23-19(24)9-11-32-23/h2-8,10,12,18,21-22H,9,11,13-15H2,1H3,(H,28,31)/t18-,21-,22+/m0/s1. The molecule has 1 saturated heterocycles. The first-order chi connectivity index (χ1) is 16.6. The largest absolute Gasteiger partial charge is 0.493 e. The van der Waals surface area contributed by atoms with Gasteiger partial charge in [-0.15, -0.1) is 11.3 Å². The number of benzene rings is 2. The van der Waals surface area contributed by atoms with Gasteiger partial charge in [0, 0.05) is 30.0 Å². The molecule has 1 aliphatic carbocycles. The number of rotatable bonds is 5. The minimum atomic E-state index is -0.493. The van der Waals surface area contributed by atoms with Crippen molar-refractivity contribution in [2.45, 2.75) is 25.8 Å². The minimum Gasteiger partial charge on any atom is -0.493 e. The Balaban J connectivity index is 1.14. The second kappa shape index (κ2) is 8.47. The molecule has 3 aliphatic rings. The molecule has 1 aromatic heterocycles. The SMILES string of the molecule is Cc1ccc(-c2sccc2C(=O)N2C[C@@H]3C[C@@H]3[C@H]2CNC(=O)Oc2cccc3c2CCO3)cc1. The number of thiophene rings is 1. The fraction of sp³-hybridized carbons (Fsp3) is 0.333. The molecule has 6 nitrogen and oxygen atoms in total. The van der Waals surface area contributed by atoms with E-state index in [1.807, 2.05) is 28.5 Å². The molecule has 2 amide bonds. The summed E-state index contributed by atoms with van der Waals surface area (Å²) in [6, 6.07) is 15.7. The Kier molecular flexibility index (Phi) is 5.29. The van der Waals surface area contributed by atoms with E-state index in [9.17, 15) is 9.59 Å². The number of likely N-dealkylation sites (tertiary alicyclic amines) is 1. The Morgan fingerprint density at radius 3 is 2.88 bits per heavy atom. The number of carbonyl (C=O) groups is 2. The summed E-state index contributed by atoms with van der Waals surface area (Å²) in [5.41, 5.74) is 3.92. The number of hydrogen-bond donors (Lipinski definition) is 1. The number of carbonyl (C=O) groups excluding carboxylic acids is 2. The third-order valence-corrected chi connectivity index (χ3v) is 8.09. The fourth-order valence-corrected chi connectivity index (χ4v) is 6.13. The van der Waals surface area contributed by atoms with Gasteiger partial charge in [-0.25, -0.2) is 4.79 Å². The summed E-state index contributed by atoms with van der Waals surface area (Å²) in [4.78, 5) is 29.1. The summed E-state index contributed by atoms with van der Waals surface area (Å²) < 4.78 is 11.1. The molecular weight excluding hydrogens is 448 g/mol. The fourth-order valence-electron chi connectivity index (χ4n) is 5.24. The predicted molar refractivity (Wildman–Crippen MR) is 131 cm³/mol. The van der Waals surface area contributed by atoms with Crippen LogP contribution in [0.3, 0.4) is 0 Å². The van der Waals surface area contributed by atoms with Gasteiger partial charge in [-0.3, -0.25) is 4.79 Å². The highest BCUT2D eigenvalue weighted by Gasteiger charge is 2.54. The molecule has 3 heterocycles. The summed E-state index contributed by atoms with van der Waals surface area (Å²) >= 11 is 1.59. The van der Waals surface area contributed by atoms with E-state index >= 15 is 0 Å². The molecule has 0 spiro atoms. The maximum Gasteiger partial charge on any atom is 0.412 e. The average Bonchev–Trinajstić information content (AvgIpc) is 3.22. The molecule has 174 valence electrons. The Morgan fingerprint density at radius 2 is 2.03 bits per heavy atom. The van der Waals surface area contributed by atoms with Gasteiger partial charge in [0.25, 0.3) is 5.91 Å². The van der Waals surface area contributed by atoms with E-state index in [0.29, 0.717) is 30.7 Å². The van der Waals surface area contributed by atoms with Crippen molar-refractivity contribution in [3.63, 3.8) is 0 Å². The van der Waals surface area contributed by atoms with Crippen molar-refractivity contribution in [2.24, 2.45) is 11.8 Å².